The standard InChI is InChI=1S/C9H19ClO4S/c1-8(2)9(13-3)7-14-5-4-6-15(10,11)12/h8-9H,4-7H2,1-3H3. The van der Waals surface area contributed by atoms with Gasteiger partial charge in [-0.2, -0.15) is 0 Å². The van der Waals surface area contributed by atoms with Crippen LogP contribution in [0, 0.1) is 5.92 Å². The van der Waals surface area contributed by atoms with E-state index < -0.39 is 9.05 Å². The average Bonchev–Trinajstić information content (AvgIpc) is 2.08. The molecule has 0 fully saturated rings. The molecule has 0 saturated carbocycles. The topological polar surface area (TPSA) is 52.6 Å². The van der Waals surface area contributed by atoms with Crippen molar-refractivity contribution in [2.24, 2.45) is 5.92 Å². The molecule has 0 heterocycles. The van der Waals surface area contributed by atoms with E-state index in [-0.39, 0.29) is 11.9 Å². The van der Waals surface area contributed by atoms with Gasteiger partial charge < -0.3 is 9.47 Å². The molecule has 0 spiro atoms. The van der Waals surface area contributed by atoms with E-state index >= 15 is 0 Å². The lowest BCUT2D eigenvalue weighted by Gasteiger charge is -2.18. The van der Waals surface area contributed by atoms with Crippen LogP contribution in [-0.4, -0.2) is 40.6 Å². The van der Waals surface area contributed by atoms with E-state index in [1.165, 1.54) is 0 Å². The van der Waals surface area contributed by atoms with Crippen LogP contribution in [-0.2, 0) is 18.5 Å². The van der Waals surface area contributed by atoms with Crippen molar-refractivity contribution in [1.29, 1.82) is 0 Å². The van der Waals surface area contributed by atoms with Crippen molar-refractivity contribution in [2.45, 2.75) is 26.4 Å². The summed E-state index contributed by atoms with van der Waals surface area (Å²) in [6, 6.07) is 0. The molecule has 0 amide bonds. The summed E-state index contributed by atoms with van der Waals surface area (Å²) in [5.74, 6) is 0.334. The Kier molecular flexibility index (Phi) is 7.52. The van der Waals surface area contributed by atoms with Crippen LogP contribution < -0.4 is 0 Å². The van der Waals surface area contributed by atoms with Crippen LogP contribution in [0.5, 0.6) is 0 Å². The molecule has 0 saturated heterocycles. The summed E-state index contributed by atoms with van der Waals surface area (Å²) in [7, 11) is 3.29. The third kappa shape index (κ3) is 9.11. The normalized spacial score (nSPS) is 14.5. The number of methoxy groups -OCH3 is 1. The first-order chi connectivity index (χ1) is 6.87. The quantitative estimate of drug-likeness (QED) is 0.491. The summed E-state index contributed by atoms with van der Waals surface area (Å²) < 4.78 is 31.6. The second kappa shape index (κ2) is 7.44. The van der Waals surface area contributed by atoms with Gasteiger partial charge in [-0.1, -0.05) is 13.8 Å². The van der Waals surface area contributed by atoms with Gasteiger partial charge in [0.15, 0.2) is 0 Å². The zero-order chi connectivity index (χ0) is 11.9. The summed E-state index contributed by atoms with van der Waals surface area (Å²) >= 11 is 0. The molecule has 0 aliphatic rings. The van der Waals surface area contributed by atoms with Gasteiger partial charge in [-0.05, 0) is 12.3 Å². The first-order valence-electron chi connectivity index (χ1n) is 4.89. The maximum atomic E-state index is 10.6. The number of hydrogen-bond donors (Lipinski definition) is 0. The molecule has 4 nitrogen and oxygen atoms in total. The smallest absolute Gasteiger partial charge is 0.232 e. The largest absolute Gasteiger partial charge is 0.379 e. The second-order valence-corrected chi connectivity index (χ2v) is 6.59. The van der Waals surface area contributed by atoms with Gasteiger partial charge in [-0.25, -0.2) is 8.42 Å². The lowest BCUT2D eigenvalue weighted by Crippen LogP contribution is -2.24. The Morgan fingerprint density at radius 1 is 1.33 bits per heavy atom. The Bertz CT molecular complexity index is 251. The summed E-state index contributed by atoms with van der Waals surface area (Å²) in [5.41, 5.74) is 0. The first-order valence-corrected chi connectivity index (χ1v) is 7.37. The van der Waals surface area contributed by atoms with E-state index in [9.17, 15) is 8.42 Å². The molecule has 1 unspecified atom stereocenters. The predicted molar refractivity (Wildman–Crippen MR) is 60.7 cm³/mol. The van der Waals surface area contributed by atoms with E-state index in [0.29, 0.717) is 25.6 Å². The van der Waals surface area contributed by atoms with Gasteiger partial charge in [-0.3, -0.25) is 0 Å². The molecule has 0 rings (SSSR count). The van der Waals surface area contributed by atoms with Gasteiger partial charge >= 0.3 is 0 Å². The highest BCUT2D eigenvalue weighted by atomic mass is 35.7. The molecule has 0 aromatic heterocycles. The predicted octanol–water partition coefficient (Wildman–Crippen LogP) is 1.63. The molecule has 1 atom stereocenters. The van der Waals surface area contributed by atoms with Crippen LogP contribution in [0.4, 0.5) is 0 Å². The van der Waals surface area contributed by atoms with E-state index in [2.05, 4.69) is 0 Å². The van der Waals surface area contributed by atoms with Crippen molar-refractivity contribution in [3.05, 3.63) is 0 Å². The third-order valence-corrected chi connectivity index (χ3v) is 3.24. The second-order valence-electron chi connectivity index (χ2n) is 3.69. The molecule has 0 aliphatic carbocycles. The number of ether oxygens (including phenoxy) is 2. The summed E-state index contributed by atoms with van der Waals surface area (Å²) in [5, 5.41) is 0. The van der Waals surface area contributed by atoms with Gasteiger partial charge in [0.2, 0.25) is 9.05 Å². The summed E-state index contributed by atoms with van der Waals surface area (Å²) in [6.07, 6.45) is 0.470. The fourth-order valence-corrected chi connectivity index (χ4v) is 1.86. The van der Waals surface area contributed by atoms with Crippen LogP contribution in [0.15, 0.2) is 0 Å². The van der Waals surface area contributed by atoms with Crippen molar-refractivity contribution in [3.63, 3.8) is 0 Å². The molecule has 0 bridgehead atoms. The molecule has 92 valence electrons. The van der Waals surface area contributed by atoms with Crippen LogP contribution in [0.25, 0.3) is 0 Å². The highest BCUT2D eigenvalue weighted by molar-refractivity contribution is 8.13. The molecule has 15 heavy (non-hydrogen) atoms. The molecular formula is C9H19ClO4S. The minimum absolute atomic E-state index is 0.0477. The minimum atomic E-state index is -3.39. The molecule has 0 aliphatic heterocycles. The van der Waals surface area contributed by atoms with Gasteiger partial charge in [0, 0.05) is 24.4 Å². The van der Waals surface area contributed by atoms with Gasteiger partial charge in [-0.15, -0.1) is 0 Å². The van der Waals surface area contributed by atoms with Gasteiger partial charge in [0.1, 0.15) is 0 Å². The van der Waals surface area contributed by atoms with Crippen LogP contribution >= 0.6 is 10.7 Å². The van der Waals surface area contributed by atoms with Crippen LogP contribution in [0.1, 0.15) is 20.3 Å². The monoisotopic (exact) mass is 258 g/mol. The van der Waals surface area contributed by atoms with E-state index in [1.807, 2.05) is 13.8 Å². The fourth-order valence-electron chi connectivity index (χ4n) is 1.07. The lowest BCUT2D eigenvalue weighted by molar-refractivity contribution is -0.0147. The Balaban J connectivity index is 3.53. The van der Waals surface area contributed by atoms with E-state index in [1.54, 1.807) is 7.11 Å². The van der Waals surface area contributed by atoms with Crippen LogP contribution in [0.3, 0.4) is 0 Å². The Labute approximate surface area is 96.3 Å². The van der Waals surface area contributed by atoms with Crippen molar-refractivity contribution in [1.82, 2.24) is 0 Å². The fraction of sp³-hybridized carbons (Fsp3) is 1.00. The Hall–Kier alpha value is 0.160. The highest BCUT2D eigenvalue weighted by Gasteiger charge is 2.12. The SMILES string of the molecule is COC(COCCCS(=O)(=O)Cl)C(C)C. The maximum absolute atomic E-state index is 10.6. The molecule has 0 radical (unpaired) electrons. The van der Waals surface area contributed by atoms with Crippen molar-refractivity contribution < 1.29 is 17.9 Å². The lowest BCUT2D eigenvalue weighted by atomic mass is 10.1. The Morgan fingerprint density at radius 3 is 2.33 bits per heavy atom. The first kappa shape index (κ1) is 15.2. The molecule has 6 heteroatoms. The van der Waals surface area contributed by atoms with E-state index in [0.717, 1.165) is 0 Å². The summed E-state index contributed by atoms with van der Waals surface area (Å²) in [6.45, 7) is 4.95. The zero-order valence-corrected chi connectivity index (χ0v) is 11.0. The maximum Gasteiger partial charge on any atom is 0.232 e. The third-order valence-electron chi connectivity index (χ3n) is 2.01. The van der Waals surface area contributed by atoms with Crippen molar-refractivity contribution >= 4 is 19.7 Å². The summed E-state index contributed by atoms with van der Waals surface area (Å²) in [4.78, 5) is 0. The molecule has 0 aromatic carbocycles. The average molecular weight is 259 g/mol. The number of hydrogen-bond acceptors (Lipinski definition) is 4. The number of rotatable bonds is 8. The minimum Gasteiger partial charge on any atom is -0.379 e. The van der Waals surface area contributed by atoms with Gasteiger partial charge in [0.25, 0.3) is 0 Å². The highest BCUT2D eigenvalue weighted by Crippen LogP contribution is 2.06. The van der Waals surface area contributed by atoms with Crippen molar-refractivity contribution in [2.75, 3.05) is 26.1 Å². The van der Waals surface area contributed by atoms with E-state index in [4.69, 9.17) is 20.2 Å². The number of halogens is 1. The Morgan fingerprint density at radius 2 is 1.93 bits per heavy atom. The zero-order valence-electron chi connectivity index (χ0n) is 9.40. The van der Waals surface area contributed by atoms with Gasteiger partial charge in [0.05, 0.1) is 18.5 Å². The van der Waals surface area contributed by atoms with Crippen LogP contribution in [0.2, 0.25) is 0 Å². The molecule has 0 N–H and O–H groups in total. The molecular weight excluding hydrogens is 240 g/mol. The molecule has 0 aromatic rings. The van der Waals surface area contributed by atoms with Crippen molar-refractivity contribution in [3.8, 4) is 0 Å².